The van der Waals surface area contributed by atoms with Gasteiger partial charge < -0.3 is 10.1 Å². The Labute approximate surface area is 190 Å². The van der Waals surface area contributed by atoms with E-state index in [4.69, 9.17) is 27.9 Å². The Morgan fingerprint density at radius 2 is 2.03 bits per heavy atom. The molecular weight excluding hydrogens is 461 g/mol. The molecule has 0 saturated heterocycles. The van der Waals surface area contributed by atoms with E-state index in [0.29, 0.717) is 9.98 Å². The van der Waals surface area contributed by atoms with Crippen LogP contribution in [0.1, 0.15) is 10.4 Å². The summed E-state index contributed by atoms with van der Waals surface area (Å²) in [6.07, 6.45) is 0. The summed E-state index contributed by atoms with van der Waals surface area (Å²) in [6.45, 7) is -0.270. The highest BCUT2D eigenvalue weighted by molar-refractivity contribution is 7.15. The van der Waals surface area contributed by atoms with Gasteiger partial charge in [0.2, 0.25) is 10.9 Å². The van der Waals surface area contributed by atoms with E-state index in [0.717, 1.165) is 17.0 Å². The fourth-order valence-corrected chi connectivity index (χ4v) is 4.14. The van der Waals surface area contributed by atoms with Gasteiger partial charge in [0.1, 0.15) is 5.75 Å². The number of carbonyl (C=O) groups is 2. The molecule has 31 heavy (non-hydrogen) atoms. The molecule has 0 saturated carbocycles. The molecule has 2 N–H and O–H groups in total. The van der Waals surface area contributed by atoms with Gasteiger partial charge in [0.05, 0.1) is 29.9 Å². The summed E-state index contributed by atoms with van der Waals surface area (Å²) in [5.41, 5.74) is 1.94. The highest BCUT2D eigenvalue weighted by atomic mass is 35.5. The normalized spacial score (nSPS) is 10.8. The van der Waals surface area contributed by atoms with Gasteiger partial charge in [-0.1, -0.05) is 35.3 Å². The van der Waals surface area contributed by atoms with Crippen molar-refractivity contribution < 1.29 is 14.3 Å². The number of ether oxygens (including phenoxy) is 1. The third-order valence-corrected chi connectivity index (χ3v) is 5.65. The first-order chi connectivity index (χ1) is 14.9. The molecule has 0 unspecified atom stereocenters. The van der Waals surface area contributed by atoms with Gasteiger partial charge >= 0.3 is 0 Å². The molecule has 0 aliphatic carbocycles. The van der Waals surface area contributed by atoms with Crippen LogP contribution in [0.25, 0.3) is 16.2 Å². The molecule has 11 heteroatoms. The van der Waals surface area contributed by atoms with Gasteiger partial charge in [-0.05, 0) is 30.3 Å². The Balaban J connectivity index is 1.43. The Morgan fingerprint density at radius 1 is 1.19 bits per heavy atom. The molecule has 2 aromatic heterocycles. The molecule has 4 rings (SSSR count). The largest absolute Gasteiger partial charge is 0.497 e. The minimum absolute atomic E-state index is 0.139. The number of fused-ring (bicyclic) bond motifs is 1. The van der Waals surface area contributed by atoms with E-state index in [1.807, 2.05) is 29.6 Å². The van der Waals surface area contributed by atoms with Crippen LogP contribution >= 0.6 is 34.5 Å². The van der Waals surface area contributed by atoms with Crippen LogP contribution in [-0.2, 0) is 4.79 Å². The van der Waals surface area contributed by atoms with Gasteiger partial charge in [-0.3, -0.25) is 14.9 Å². The molecule has 0 fully saturated rings. The van der Waals surface area contributed by atoms with Gasteiger partial charge in [0, 0.05) is 16.0 Å². The Kier molecular flexibility index (Phi) is 6.08. The summed E-state index contributed by atoms with van der Waals surface area (Å²) in [6, 6.07) is 12.0. The highest BCUT2D eigenvalue weighted by Crippen LogP contribution is 2.28. The molecule has 0 bridgehead atoms. The van der Waals surface area contributed by atoms with Crippen molar-refractivity contribution in [2.75, 3.05) is 19.0 Å². The summed E-state index contributed by atoms with van der Waals surface area (Å²) in [5.74, 6) is -0.0997. The zero-order chi connectivity index (χ0) is 22.0. The number of nitrogens with one attached hydrogen (secondary N) is 2. The summed E-state index contributed by atoms with van der Waals surface area (Å²) in [4.78, 5) is 29.4. The Morgan fingerprint density at radius 3 is 2.81 bits per heavy atom. The molecule has 0 radical (unpaired) electrons. The van der Waals surface area contributed by atoms with Crippen LogP contribution in [-0.4, -0.2) is 40.1 Å². The lowest BCUT2D eigenvalue weighted by molar-refractivity contribution is -0.115. The predicted molar refractivity (Wildman–Crippen MR) is 120 cm³/mol. The van der Waals surface area contributed by atoms with Crippen LogP contribution in [0.15, 0.2) is 47.8 Å². The third-order valence-electron chi connectivity index (χ3n) is 4.28. The minimum Gasteiger partial charge on any atom is -0.497 e. The Bertz CT molecular complexity index is 1290. The molecule has 0 aliphatic rings. The van der Waals surface area contributed by atoms with Crippen LogP contribution in [0.3, 0.4) is 0 Å². The molecule has 2 aromatic carbocycles. The molecule has 2 heterocycles. The molecule has 4 aromatic rings. The van der Waals surface area contributed by atoms with Gasteiger partial charge in [-0.2, -0.15) is 4.98 Å². The maximum absolute atomic E-state index is 12.2. The molecule has 2 amide bonds. The zero-order valence-corrected chi connectivity index (χ0v) is 18.4. The van der Waals surface area contributed by atoms with E-state index < -0.39 is 11.8 Å². The summed E-state index contributed by atoms with van der Waals surface area (Å²) in [5, 5.41) is 12.0. The lowest BCUT2D eigenvalue weighted by Crippen LogP contribution is -2.33. The second kappa shape index (κ2) is 8.93. The van der Waals surface area contributed by atoms with Crippen LogP contribution in [0, 0.1) is 0 Å². The second-order valence-corrected chi connectivity index (χ2v) is 8.02. The Hall–Kier alpha value is -3.14. The number of halogens is 2. The number of anilines is 1. The summed E-state index contributed by atoms with van der Waals surface area (Å²) >= 11 is 13.2. The fraction of sp³-hybridized carbons (Fsp3) is 0.100. The summed E-state index contributed by atoms with van der Waals surface area (Å²) in [7, 11) is 1.60. The number of thiazole rings is 1. The van der Waals surface area contributed by atoms with Gasteiger partial charge in [-0.25, -0.2) is 4.52 Å². The van der Waals surface area contributed by atoms with Gasteiger partial charge in [0.15, 0.2) is 0 Å². The molecular formula is C20H15Cl2N5O3S. The van der Waals surface area contributed by atoms with Crippen molar-refractivity contribution in [3.8, 4) is 17.0 Å². The standard InChI is InChI=1S/C20H15Cl2N5O3S/c1-30-13-4-2-3-11(7-13)16-10-31-20-25-19(26-27(16)20)24-17(28)9-23-18(29)14-6-5-12(21)8-15(14)22/h2-8,10H,9H2,1H3,(H,23,29)(H,24,26,28). The molecule has 0 atom stereocenters. The maximum Gasteiger partial charge on any atom is 0.253 e. The van der Waals surface area contributed by atoms with E-state index in [1.54, 1.807) is 17.7 Å². The molecule has 0 spiro atoms. The van der Waals surface area contributed by atoms with Crippen molar-refractivity contribution in [1.29, 1.82) is 0 Å². The lowest BCUT2D eigenvalue weighted by atomic mass is 10.2. The lowest BCUT2D eigenvalue weighted by Gasteiger charge is -2.06. The quantitative estimate of drug-likeness (QED) is 0.436. The number of carbonyl (C=O) groups excluding carboxylic acids is 2. The number of aromatic nitrogens is 3. The second-order valence-electron chi connectivity index (χ2n) is 6.34. The van der Waals surface area contributed by atoms with Crippen LogP contribution in [0.2, 0.25) is 10.0 Å². The van der Waals surface area contributed by atoms with Crippen molar-refractivity contribution in [2.45, 2.75) is 0 Å². The van der Waals surface area contributed by atoms with Crippen LogP contribution < -0.4 is 15.4 Å². The van der Waals surface area contributed by atoms with E-state index in [2.05, 4.69) is 20.7 Å². The van der Waals surface area contributed by atoms with Crippen molar-refractivity contribution in [2.24, 2.45) is 0 Å². The number of rotatable bonds is 6. The number of hydrogen-bond acceptors (Lipinski definition) is 6. The number of nitrogens with zero attached hydrogens (tertiary/aromatic N) is 3. The van der Waals surface area contributed by atoms with E-state index in [-0.39, 0.29) is 23.1 Å². The molecule has 158 valence electrons. The van der Waals surface area contributed by atoms with E-state index in [9.17, 15) is 9.59 Å². The average molecular weight is 476 g/mol. The number of methoxy groups -OCH3 is 1. The highest BCUT2D eigenvalue weighted by Gasteiger charge is 2.16. The van der Waals surface area contributed by atoms with Crippen molar-refractivity contribution in [3.63, 3.8) is 0 Å². The van der Waals surface area contributed by atoms with Crippen molar-refractivity contribution >= 4 is 57.3 Å². The first-order valence-electron chi connectivity index (χ1n) is 8.96. The average Bonchev–Trinajstić information content (AvgIpc) is 3.32. The topological polar surface area (TPSA) is 97.6 Å². The maximum atomic E-state index is 12.2. The van der Waals surface area contributed by atoms with Crippen LogP contribution in [0.4, 0.5) is 5.95 Å². The SMILES string of the molecule is COc1cccc(-c2csc3nc(NC(=O)CNC(=O)c4ccc(Cl)cc4Cl)nn23)c1. The van der Waals surface area contributed by atoms with Gasteiger partial charge in [-0.15, -0.1) is 16.4 Å². The molecule has 8 nitrogen and oxygen atoms in total. The first-order valence-corrected chi connectivity index (χ1v) is 10.6. The first kappa shape index (κ1) is 21.1. The number of hydrogen-bond donors (Lipinski definition) is 2. The predicted octanol–water partition coefficient (Wildman–Crippen LogP) is 4.14. The smallest absolute Gasteiger partial charge is 0.253 e. The third kappa shape index (κ3) is 4.63. The summed E-state index contributed by atoms with van der Waals surface area (Å²) < 4.78 is 6.91. The van der Waals surface area contributed by atoms with Crippen LogP contribution in [0.5, 0.6) is 5.75 Å². The number of amides is 2. The van der Waals surface area contributed by atoms with Gasteiger partial charge in [0.25, 0.3) is 11.9 Å². The van der Waals surface area contributed by atoms with E-state index >= 15 is 0 Å². The zero-order valence-electron chi connectivity index (χ0n) is 16.1. The fourth-order valence-electron chi connectivity index (χ4n) is 2.81. The minimum atomic E-state index is -0.490. The van der Waals surface area contributed by atoms with Crippen molar-refractivity contribution in [1.82, 2.24) is 19.9 Å². The molecule has 0 aliphatic heterocycles. The monoisotopic (exact) mass is 475 g/mol. The number of benzene rings is 2. The van der Waals surface area contributed by atoms with Crippen molar-refractivity contribution in [3.05, 3.63) is 63.5 Å². The van der Waals surface area contributed by atoms with E-state index in [1.165, 1.54) is 23.5 Å².